The molecule has 1 saturated heterocycles. The Kier molecular flexibility index (Phi) is 5.32. The average Bonchev–Trinajstić information content (AvgIpc) is 3.41. The Morgan fingerprint density at radius 1 is 1.12 bits per heavy atom. The van der Waals surface area contributed by atoms with Gasteiger partial charge in [-0.05, 0) is 42.0 Å². The molecule has 1 fully saturated rings. The van der Waals surface area contributed by atoms with Gasteiger partial charge in [0.15, 0.2) is 0 Å². The lowest BCUT2D eigenvalue weighted by molar-refractivity contribution is -0.120. The molecule has 1 aromatic carbocycles. The molecule has 0 radical (unpaired) electrons. The van der Waals surface area contributed by atoms with Gasteiger partial charge in [0.2, 0.25) is 5.91 Å². The monoisotopic (exact) mass is 383 g/mol. The van der Waals surface area contributed by atoms with Crippen molar-refractivity contribution in [1.82, 2.24) is 10.3 Å². The quantitative estimate of drug-likeness (QED) is 0.689. The van der Waals surface area contributed by atoms with Crippen molar-refractivity contribution in [2.24, 2.45) is 0 Å². The van der Waals surface area contributed by atoms with Gasteiger partial charge in [-0.3, -0.25) is 4.79 Å². The maximum absolute atomic E-state index is 12.2. The molecule has 0 atom stereocenters. The number of carbonyl (C=O) groups is 1. The van der Waals surface area contributed by atoms with Crippen molar-refractivity contribution >= 4 is 34.3 Å². The predicted molar refractivity (Wildman–Crippen MR) is 109 cm³/mol. The van der Waals surface area contributed by atoms with Crippen molar-refractivity contribution in [2.75, 3.05) is 18.0 Å². The summed E-state index contributed by atoms with van der Waals surface area (Å²) in [6.45, 7) is 2.86. The fraction of sp³-hybridized carbons (Fsp3) is 0.300. The minimum Gasteiger partial charge on any atom is -0.372 e. The van der Waals surface area contributed by atoms with Gasteiger partial charge in [0.1, 0.15) is 5.01 Å². The molecule has 6 heteroatoms. The second-order valence-corrected chi connectivity index (χ2v) is 8.11. The fourth-order valence-electron chi connectivity index (χ4n) is 3.13. The van der Waals surface area contributed by atoms with Crippen LogP contribution < -0.4 is 10.2 Å². The standard InChI is InChI=1S/C20H21N3OS2/c24-19(11-17-14-26-20(22-17)16-7-10-25-13-16)21-12-15-3-5-18(6-4-15)23-8-1-2-9-23/h3-7,10,13-14H,1-2,8-9,11-12H2,(H,21,24). The average molecular weight is 384 g/mol. The molecule has 26 heavy (non-hydrogen) atoms. The minimum absolute atomic E-state index is 0.00999. The molecule has 1 amide bonds. The molecular weight excluding hydrogens is 362 g/mol. The number of amides is 1. The number of thiophene rings is 1. The van der Waals surface area contributed by atoms with E-state index < -0.39 is 0 Å². The van der Waals surface area contributed by atoms with Crippen LogP contribution in [0.3, 0.4) is 0 Å². The molecule has 0 aliphatic carbocycles. The second-order valence-electron chi connectivity index (χ2n) is 6.47. The van der Waals surface area contributed by atoms with Crippen LogP contribution >= 0.6 is 22.7 Å². The first-order valence-corrected chi connectivity index (χ1v) is 10.7. The minimum atomic E-state index is 0.00999. The normalized spacial score (nSPS) is 13.9. The predicted octanol–water partition coefficient (Wildman–Crippen LogP) is 4.33. The molecule has 4 rings (SSSR count). The number of anilines is 1. The molecule has 0 saturated carbocycles. The first-order chi connectivity index (χ1) is 12.8. The van der Waals surface area contributed by atoms with E-state index in [1.807, 2.05) is 10.8 Å². The van der Waals surface area contributed by atoms with E-state index in [1.165, 1.54) is 18.5 Å². The number of hydrogen-bond donors (Lipinski definition) is 1. The summed E-state index contributed by atoms with van der Waals surface area (Å²) in [5, 5.41) is 10.1. The van der Waals surface area contributed by atoms with E-state index in [0.29, 0.717) is 13.0 Å². The Hall–Kier alpha value is -2.18. The van der Waals surface area contributed by atoms with Crippen LogP contribution in [-0.4, -0.2) is 24.0 Å². The van der Waals surface area contributed by atoms with E-state index in [2.05, 4.69) is 50.9 Å². The summed E-state index contributed by atoms with van der Waals surface area (Å²) in [4.78, 5) is 19.2. The van der Waals surface area contributed by atoms with Crippen LogP contribution in [0, 0.1) is 0 Å². The Morgan fingerprint density at radius 3 is 2.65 bits per heavy atom. The van der Waals surface area contributed by atoms with Gasteiger partial charge in [-0.2, -0.15) is 11.3 Å². The van der Waals surface area contributed by atoms with E-state index in [4.69, 9.17) is 0 Å². The zero-order chi connectivity index (χ0) is 17.8. The van der Waals surface area contributed by atoms with Crippen molar-refractivity contribution in [3.63, 3.8) is 0 Å². The van der Waals surface area contributed by atoms with Gasteiger partial charge in [-0.1, -0.05) is 12.1 Å². The van der Waals surface area contributed by atoms with Gasteiger partial charge in [0, 0.05) is 41.6 Å². The number of rotatable bonds is 6. The highest BCUT2D eigenvalue weighted by atomic mass is 32.1. The van der Waals surface area contributed by atoms with E-state index in [-0.39, 0.29) is 5.91 Å². The summed E-state index contributed by atoms with van der Waals surface area (Å²) in [5.41, 5.74) is 4.36. The summed E-state index contributed by atoms with van der Waals surface area (Å²) in [6.07, 6.45) is 2.89. The van der Waals surface area contributed by atoms with Crippen LogP contribution in [0.5, 0.6) is 0 Å². The van der Waals surface area contributed by atoms with Gasteiger partial charge in [-0.15, -0.1) is 11.3 Å². The molecule has 1 N–H and O–H groups in total. The lowest BCUT2D eigenvalue weighted by Gasteiger charge is -2.17. The molecular formula is C20H21N3OS2. The van der Waals surface area contributed by atoms with E-state index in [1.54, 1.807) is 22.7 Å². The van der Waals surface area contributed by atoms with E-state index in [0.717, 1.165) is 34.9 Å². The van der Waals surface area contributed by atoms with Crippen molar-refractivity contribution in [1.29, 1.82) is 0 Å². The molecule has 0 bridgehead atoms. The number of thiazole rings is 1. The highest BCUT2D eigenvalue weighted by Crippen LogP contribution is 2.25. The van der Waals surface area contributed by atoms with Crippen molar-refractivity contribution in [3.8, 4) is 10.6 Å². The van der Waals surface area contributed by atoms with Crippen molar-refractivity contribution < 1.29 is 4.79 Å². The molecule has 3 aromatic rings. The first kappa shape index (κ1) is 17.2. The number of benzene rings is 1. The Labute approximate surface area is 161 Å². The first-order valence-electron chi connectivity index (χ1n) is 8.85. The van der Waals surface area contributed by atoms with Gasteiger partial charge < -0.3 is 10.2 Å². The van der Waals surface area contributed by atoms with Gasteiger partial charge in [-0.25, -0.2) is 4.98 Å². The van der Waals surface area contributed by atoms with E-state index in [9.17, 15) is 4.79 Å². The summed E-state index contributed by atoms with van der Waals surface area (Å²) in [7, 11) is 0. The largest absolute Gasteiger partial charge is 0.372 e. The number of carbonyl (C=O) groups excluding carboxylic acids is 1. The summed E-state index contributed by atoms with van der Waals surface area (Å²) >= 11 is 3.24. The van der Waals surface area contributed by atoms with E-state index >= 15 is 0 Å². The van der Waals surface area contributed by atoms with Crippen LogP contribution in [-0.2, 0) is 17.8 Å². The highest BCUT2D eigenvalue weighted by molar-refractivity contribution is 7.14. The van der Waals surface area contributed by atoms with Crippen LogP contribution in [0.25, 0.3) is 10.6 Å². The molecule has 1 aliphatic rings. The number of nitrogens with one attached hydrogen (secondary N) is 1. The topological polar surface area (TPSA) is 45.2 Å². The van der Waals surface area contributed by atoms with Gasteiger partial charge in [0.25, 0.3) is 0 Å². The lowest BCUT2D eigenvalue weighted by atomic mass is 10.2. The maximum atomic E-state index is 12.2. The molecule has 134 valence electrons. The fourth-order valence-corrected chi connectivity index (χ4v) is 4.67. The van der Waals surface area contributed by atoms with Crippen LogP contribution in [0.15, 0.2) is 46.5 Å². The van der Waals surface area contributed by atoms with Crippen LogP contribution in [0.4, 0.5) is 5.69 Å². The molecule has 4 nitrogen and oxygen atoms in total. The van der Waals surface area contributed by atoms with Crippen molar-refractivity contribution in [3.05, 3.63) is 57.7 Å². The summed E-state index contributed by atoms with van der Waals surface area (Å²) < 4.78 is 0. The smallest absolute Gasteiger partial charge is 0.226 e. The molecule has 3 heterocycles. The lowest BCUT2D eigenvalue weighted by Crippen LogP contribution is -2.24. The third kappa shape index (κ3) is 4.14. The summed E-state index contributed by atoms with van der Waals surface area (Å²) in [6, 6.07) is 10.6. The molecule has 0 unspecified atom stereocenters. The zero-order valence-electron chi connectivity index (χ0n) is 14.5. The third-order valence-corrected chi connectivity index (χ3v) is 6.18. The zero-order valence-corrected chi connectivity index (χ0v) is 16.1. The Balaban J connectivity index is 1.28. The highest BCUT2D eigenvalue weighted by Gasteiger charge is 2.12. The second kappa shape index (κ2) is 8.01. The van der Waals surface area contributed by atoms with Crippen molar-refractivity contribution in [2.45, 2.75) is 25.8 Å². The van der Waals surface area contributed by atoms with Gasteiger partial charge in [0.05, 0.1) is 12.1 Å². The molecule has 2 aromatic heterocycles. The number of aromatic nitrogens is 1. The van der Waals surface area contributed by atoms with Crippen LogP contribution in [0.2, 0.25) is 0 Å². The third-order valence-electron chi connectivity index (χ3n) is 4.56. The Bertz CT molecular complexity index is 850. The number of hydrogen-bond acceptors (Lipinski definition) is 5. The molecule has 0 spiro atoms. The van der Waals surface area contributed by atoms with Gasteiger partial charge >= 0.3 is 0 Å². The number of nitrogens with zero attached hydrogens (tertiary/aromatic N) is 2. The maximum Gasteiger partial charge on any atom is 0.226 e. The molecule has 1 aliphatic heterocycles. The van der Waals surface area contributed by atoms with Crippen LogP contribution in [0.1, 0.15) is 24.1 Å². The SMILES string of the molecule is O=C(Cc1csc(-c2ccsc2)n1)NCc1ccc(N2CCCC2)cc1. The Morgan fingerprint density at radius 2 is 1.92 bits per heavy atom. The summed E-state index contributed by atoms with van der Waals surface area (Å²) in [5.74, 6) is 0.00999.